The fraction of sp³-hybridized carbons (Fsp3) is 0.611. The molecule has 2 aliphatic rings. The third kappa shape index (κ3) is 3.36. The number of likely N-dealkylation sites (tertiary alicyclic amines) is 1. The van der Waals surface area contributed by atoms with Crippen LogP contribution >= 0.6 is 11.3 Å². The van der Waals surface area contributed by atoms with Crippen LogP contribution in [0.5, 0.6) is 0 Å². The maximum absolute atomic E-state index is 12.9. The zero-order chi connectivity index (χ0) is 17.6. The number of piperidine rings is 1. The average molecular weight is 369 g/mol. The van der Waals surface area contributed by atoms with Crippen LogP contribution in [0.3, 0.4) is 0 Å². The molecule has 0 saturated carbocycles. The Morgan fingerprint density at radius 3 is 2.52 bits per heavy atom. The fourth-order valence-electron chi connectivity index (χ4n) is 4.11. The second kappa shape index (κ2) is 6.43. The quantitative estimate of drug-likeness (QED) is 0.760. The standard InChI is InChI=1S/C18H22F3N3S/c1-12-3-2-8-24(12)14-6-9-23(10-7-14)17-22-15-11-13(18(19,20)21)4-5-16(15)25-17/h4-5,11-12,14H,2-3,6-10H2,1H3. The molecule has 1 aromatic carbocycles. The summed E-state index contributed by atoms with van der Waals surface area (Å²) in [5.41, 5.74) is -0.177. The van der Waals surface area contributed by atoms with E-state index in [1.165, 1.54) is 36.8 Å². The van der Waals surface area contributed by atoms with E-state index in [1.807, 2.05) is 0 Å². The number of thiazole rings is 1. The first-order chi connectivity index (χ1) is 11.9. The van der Waals surface area contributed by atoms with Gasteiger partial charge in [0.25, 0.3) is 0 Å². The lowest BCUT2D eigenvalue weighted by atomic mass is 10.0. The molecule has 7 heteroatoms. The molecule has 136 valence electrons. The molecule has 1 atom stereocenters. The topological polar surface area (TPSA) is 19.4 Å². The lowest BCUT2D eigenvalue weighted by molar-refractivity contribution is -0.137. The smallest absolute Gasteiger partial charge is 0.348 e. The van der Waals surface area contributed by atoms with Crippen LogP contribution in [-0.4, -0.2) is 41.6 Å². The number of aromatic nitrogens is 1. The van der Waals surface area contributed by atoms with Gasteiger partial charge in [-0.05, 0) is 57.4 Å². The SMILES string of the molecule is CC1CCCN1C1CCN(c2nc3cc(C(F)(F)F)ccc3s2)CC1. The van der Waals surface area contributed by atoms with Crippen LogP contribution in [0.4, 0.5) is 18.3 Å². The van der Waals surface area contributed by atoms with Crippen LogP contribution in [-0.2, 0) is 6.18 Å². The lowest BCUT2D eigenvalue weighted by Gasteiger charge is -2.38. The molecule has 0 bridgehead atoms. The predicted octanol–water partition coefficient (Wildman–Crippen LogP) is 4.77. The number of halogens is 3. The largest absolute Gasteiger partial charge is 0.416 e. The van der Waals surface area contributed by atoms with E-state index < -0.39 is 11.7 Å². The van der Waals surface area contributed by atoms with Crippen LogP contribution < -0.4 is 4.90 Å². The van der Waals surface area contributed by atoms with Crippen LogP contribution in [0.1, 0.15) is 38.2 Å². The highest BCUT2D eigenvalue weighted by atomic mass is 32.1. The van der Waals surface area contributed by atoms with E-state index in [2.05, 4.69) is 21.7 Å². The Kier molecular flexibility index (Phi) is 4.40. The summed E-state index contributed by atoms with van der Waals surface area (Å²) in [4.78, 5) is 9.34. The van der Waals surface area contributed by atoms with E-state index in [9.17, 15) is 13.2 Å². The number of alkyl halides is 3. The number of fused-ring (bicyclic) bond motifs is 1. The molecular weight excluding hydrogens is 347 g/mol. The minimum atomic E-state index is -4.32. The zero-order valence-corrected chi connectivity index (χ0v) is 15.0. The Hall–Kier alpha value is -1.34. The molecule has 3 nitrogen and oxygen atoms in total. The third-order valence-corrected chi connectivity index (χ3v) is 6.61. The van der Waals surface area contributed by atoms with E-state index >= 15 is 0 Å². The zero-order valence-electron chi connectivity index (χ0n) is 14.2. The molecule has 4 rings (SSSR count). The maximum Gasteiger partial charge on any atom is 0.416 e. The summed E-state index contributed by atoms with van der Waals surface area (Å²) in [6.45, 7) is 5.37. The fourth-order valence-corrected chi connectivity index (χ4v) is 5.11. The number of benzene rings is 1. The van der Waals surface area contributed by atoms with Gasteiger partial charge < -0.3 is 4.90 Å². The van der Waals surface area contributed by atoms with Gasteiger partial charge in [-0.25, -0.2) is 4.98 Å². The van der Waals surface area contributed by atoms with Gasteiger partial charge >= 0.3 is 6.18 Å². The van der Waals surface area contributed by atoms with Crippen molar-refractivity contribution in [3.05, 3.63) is 23.8 Å². The van der Waals surface area contributed by atoms with Crippen molar-refractivity contribution in [3.63, 3.8) is 0 Å². The first kappa shape index (κ1) is 17.1. The van der Waals surface area contributed by atoms with Gasteiger partial charge in [-0.15, -0.1) is 0 Å². The molecule has 0 radical (unpaired) electrons. The summed E-state index contributed by atoms with van der Waals surface area (Å²) in [6.07, 6.45) is 0.477. The normalized spacial score (nSPS) is 23.7. The van der Waals surface area contributed by atoms with E-state index in [0.29, 0.717) is 17.6 Å². The van der Waals surface area contributed by atoms with E-state index in [1.54, 1.807) is 0 Å². The summed E-state index contributed by atoms with van der Waals surface area (Å²) in [6, 6.07) is 5.16. The minimum Gasteiger partial charge on any atom is -0.348 e. The van der Waals surface area contributed by atoms with Gasteiger partial charge in [0, 0.05) is 25.2 Å². The molecule has 2 aromatic rings. The monoisotopic (exact) mass is 369 g/mol. The van der Waals surface area contributed by atoms with Gasteiger partial charge in [0.2, 0.25) is 0 Å². The molecule has 0 amide bonds. The second-order valence-electron chi connectivity index (χ2n) is 7.12. The third-order valence-electron chi connectivity index (χ3n) is 5.51. The molecule has 0 N–H and O–H groups in total. The van der Waals surface area contributed by atoms with E-state index in [0.717, 1.165) is 47.9 Å². The predicted molar refractivity (Wildman–Crippen MR) is 95.3 cm³/mol. The molecule has 3 heterocycles. The Labute approximate surface area is 149 Å². The maximum atomic E-state index is 12.9. The summed E-state index contributed by atoms with van der Waals surface area (Å²) >= 11 is 1.49. The number of hydrogen-bond donors (Lipinski definition) is 0. The van der Waals surface area contributed by atoms with Gasteiger partial charge in [0.15, 0.2) is 5.13 Å². The van der Waals surface area contributed by atoms with Crippen LogP contribution in [0.25, 0.3) is 10.2 Å². The Balaban J connectivity index is 1.47. The first-order valence-corrected chi connectivity index (χ1v) is 9.72. The number of hydrogen-bond acceptors (Lipinski definition) is 4. The molecule has 25 heavy (non-hydrogen) atoms. The first-order valence-electron chi connectivity index (χ1n) is 8.90. The van der Waals surface area contributed by atoms with Gasteiger partial charge in [-0.1, -0.05) is 11.3 Å². The number of rotatable bonds is 2. The summed E-state index contributed by atoms with van der Waals surface area (Å²) in [7, 11) is 0. The Morgan fingerprint density at radius 1 is 1.12 bits per heavy atom. The molecule has 2 saturated heterocycles. The summed E-state index contributed by atoms with van der Waals surface area (Å²) < 4.78 is 39.4. The molecule has 1 aromatic heterocycles. The highest BCUT2D eigenvalue weighted by molar-refractivity contribution is 7.22. The Bertz CT molecular complexity index is 750. The van der Waals surface area contributed by atoms with Gasteiger partial charge in [0.1, 0.15) is 0 Å². The Morgan fingerprint density at radius 2 is 1.88 bits per heavy atom. The van der Waals surface area contributed by atoms with Crippen molar-refractivity contribution in [1.29, 1.82) is 0 Å². The van der Waals surface area contributed by atoms with Gasteiger partial charge in [-0.2, -0.15) is 13.2 Å². The highest BCUT2D eigenvalue weighted by Crippen LogP contribution is 2.36. The molecular formula is C18H22F3N3S. The lowest BCUT2D eigenvalue weighted by Crippen LogP contribution is -2.46. The highest BCUT2D eigenvalue weighted by Gasteiger charge is 2.32. The number of anilines is 1. The van der Waals surface area contributed by atoms with Crippen molar-refractivity contribution in [2.75, 3.05) is 24.5 Å². The van der Waals surface area contributed by atoms with E-state index in [4.69, 9.17) is 0 Å². The second-order valence-corrected chi connectivity index (χ2v) is 8.13. The minimum absolute atomic E-state index is 0.449. The summed E-state index contributed by atoms with van der Waals surface area (Å²) in [5.74, 6) is 0. The molecule has 1 unspecified atom stereocenters. The van der Waals surface area contributed by atoms with Crippen molar-refractivity contribution in [3.8, 4) is 0 Å². The molecule has 0 spiro atoms. The summed E-state index contributed by atoms with van der Waals surface area (Å²) in [5, 5.41) is 0.849. The van der Waals surface area contributed by atoms with E-state index in [-0.39, 0.29) is 0 Å². The van der Waals surface area contributed by atoms with Crippen molar-refractivity contribution in [2.24, 2.45) is 0 Å². The molecule has 2 aliphatic heterocycles. The molecule has 0 aliphatic carbocycles. The van der Waals surface area contributed by atoms with Crippen molar-refractivity contribution < 1.29 is 13.2 Å². The van der Waals surface area contributed by atoms with Gasteiger partial charge in [0.05, 0.1) is 15.8 Å². The average Bonchev–Trinajstić information content (AvgIpc) is 3.19. The van der Waals surface area contributed by atoms with Gasteiger partial charge in [-0.3, -0.25) is 4.90 Å². The molecule has 2 fully saturated rings. The van der Waals surface area contributed by atoms with Crippen molar-refractivity contribution >= 4 is 26.7 Å². The van der Waals surface area contributed by atoms with Crippen LogP contribution in [0.2, 0.25) is 0 Å². The van der Waals surface area contributed by atoms with Crippen LogP contribution in [0, 0.1) is 0 Å². The van der Waals surface area contributed by atoms with Crippen molar-refractivity contribution in [1.82, 2.24) is 9.88 Å². The van der Waals surface area contributed by atoms with Crippen molar-refractivity contribution in [2.45, 2.75) is 50.9 Å². The number of nitrogens with zero attached hydrogens (tertiary/aromatic N) is 3. The van der Waals surface area contributed by atoms with Crippen LogP contribution in [0.15, 0.2) is 18.2 Å².